The molecule has 2 aliphatic rings. The van der Waals surface area contributed by atoms with Crippen molar-refractivity contribution < 1.29 is 14.3 Å². The van der Waals surface area contributed by atoms with Crippen LogP contribution in [0.4, 0.5) is 5.69 Å². The number of anilines is 1. The van der Waals surface area contributed by atoms with Crippen LogP contribution in [0.2, 0.25) is 0 Å². The van der Waals surface area contributed by atoms with Crippen molar-refractivity contribution in [1.29, 1.82) is 0 Å². The van der Waals surface area contributed by atoms with Crippen LogP contribution in [0.5, 0.6) is 0 Å². The molecular weight excluding hydrogens is 302 g/mol. The first-order chi connectivity index (χ1) is 11.3. The van der Waals surface area contributed by atoms with E-state index in [1.165, 1.54) is 0 Å². The lowest BCUT2D eigenvalue weighted by Crippen LogP contribution is -2.40. The first-order valence-electron chi connectivity index (χ1n) is 8.66. The molecule has 1 saturated carbocycles. The van der Waals surface area contributed by atoms with Gasteiger partial charge in [0.25, 0.3) is 5.91 Å². The predicted molar refractivity (Wildman–Crippen MR) is 93.7 cm³/mol. The number of amides is 1. The Hall–Kier alpha value is -2.10. The Bertz CT molecular complexity index is 724. The smallest absolute Gasteiger partial charge is 0.335 e. The largest absolute Gasteiger partial charge is 0.451 e. The zero-order valence-corrected chi connectivity index (χ0v) is 14.9. The van der Waals surface area contributed by atoms with Gasteiger partial charge in [-0.05, 0) is 64.0 Å². The van der Waals surface area contributed by atoms with Gasteiger partial charge in [0, 0.05) is 11.3 Å². The molecule has 1 aliphatic carbocycles. The third-order valence-electron chi connectivity index (χ3n) is 5.36. The molecule has 0 unspecified atom stereocenters. The Morgan fingerprint density at radius 1 is 1.21 bits per heavy atom. The van der Waals surface area contributed by atoms with Crippen molar-refractivity contribution in [2.45, 2.75) is 59.0 Å². The minimum absolute atomic E-state index is 0.208. The summed E-state index contributed by atoms with van der Waals surface area (Å²) in [4.78, 5) is 25.1. The fraction of sp³-hybridized carbons (Fsp3) is 0.500. The second kappa shape index (κ2) is 6.08. The van der Waals surface area contributed by atoms with E-state index in [-0.39, 0.29) is 11.9 Å². The molecule has 24 heavy (non-hydrogen) atoms. The van der Waals surface area contributed by atoms with E-state index >= 15 is 0 Å². The van der Waals surface area contributed by atoms with Gasteiger partial charge < -0.3 is 10.1 Å². The average Bonchev–Trinajstić information content (AvgIpc) is 2.76. The molecule has 1 heterocycles. The fourth-order valence-electron chi connectivity index (χ4n) is 3.85. The van der Waals surface area contributed by atoms with Crippen LogP contribution in [-0.4, -0.2) is 17.5 Å². The van der Waals surface area contributed by atoms with E-state index in [4.69, 9.17) is 4.74 Å². The molecule has 1 aromatic rings. The summed E-state index contributed by atoms with van der Waals surface area (Å²) in [5, 5.41) is 2.98. The highest BCUT2D eigenvalue weighted by Crippen LogP contribution is 2.45. The van der Waals surface area contributed by atoms with Crippen LogP contribution >= 0.6 is 0 Å². The number of rotatable bonds is 2. The molecule has 0 saturated heterocycles. The number of carbonyl (C=O) groups excluding carboxylic acids is 2. The van der Waals surface area contributed by atoms with E-state index in [1.54, 1.807) is 6.92 Å². The number of hydrogen-bond donors (Lipinski definition) is 1. The molecule has 0 aromatic heterocycles. The second-order valence-corrected chi connectivity index (χ2v) is 7.34. The predicted octanol–water partition coefficient (Wildman–Crippen LogP) is 4.06. The number of ether oxygens (including phenoxy) is 1. The summed E-state index contributed by atoms with van der Waals surface area (Å²) >= 11 is 0. The maximum atomic E-state index is 13.0. The van der Waals surface area contributed by atoms with E-state index in [0.29, 0.717) is 17.1 Å². The highest BCUT2D eigenvalue weighted by Gasteiger charge is 2.50. The molecule has 4 heteroatoms. The molecule has 1 amide bonds. The van der Waals surface area contributed by atoms with Crippen molar-refractivity contribution in [3.05, 3.63) is 40.5 Å². The molecule has 1 N–H and O–H groups in total. The van der Waals surface area contributed by atoms with Crippen molar-refractivity contribution in [3.8, 4) is 0 Å². The number of esters is 1. The highest BCUT2D eigenvalue weighted by atomic mass is 16.6. The van der Waals surface area contributed by atoms with Crippen molar-refractivity contribution in [1.82, 2.24) is 0 Å². The van der Waals surface area contributed by atoms with Crippen LogP contribution < -0.4 is 5.32 Å². The second-order valence-electron chi connectivity index (χ2n) is 7.34. The normalized spacial score (nSPS) is 26.7. The van der Waals surface area contributed by atoms with Crippen molar-refractivity contribution >= 4 is 17.6 Å². The molecule has 1 spiro atoms. The Morgan fingerprint density at radius 2 is 1.88 bits per heavy atom. The van der Waals surface area contributed by atoms with E-state index in [0.717, 1.165) is 42.5 Å². The van der Waals surface area contributed by atoms with Gasteiger partial charge in [0.1, 0.15) is 5.60 Å². The van der Waals surface area contributed by atoms with Gasteiger partial charge in [-0.15, -0.1) is 0 Å². The topological polar surface area (TPSA) is 55.4 Å². The Labute approximate surface area is 143 Å². The molecule has 1 aliphatic heterocycles. The third kappa shape index (κ3) is 2.85. The highest BCUT2D eigenvalue weighted by molar-refractivity contribution is 6.12. The lowest BCUT2D eigenvalue weighted by Gasteiger charge is -2.36. The number of benzene rings is 1. The van der Waals surface area contributed by atoms with Gasteiger partial charge in [0.15, 0.2) is 0 Å². The van der Waals surface area contributed by atoms with Gasteiger partial charge in [-0.2, -0.15) is 0 Å². The third-order valence-corrected chi connectivity index (χ3v) is 5.36. The molecule has 1 fully saturated rings. The standard InChI is InChI=1S/C20H25NO3/c1-12-7-9-20(10-8-12)17(15(4)19(23)24-20)18(22)21-16-6-5-13(2)11-14(16)3/h5-6,11-12H,7-10H2,1-4H3,(H,21,22). The molecule has 128 valence electrons. The minimum atomic E-state index is -0.726. The molecule has 0 radical (unpaired) electrons. The van der Waals surface area contributed by atoms with Crippen LogP contribution in [0.1, 0.15) is 50.7 Å². The number of aryl methyl sites for hydroxylation is 2. The Balaban J connectivity index is 1.90. The minimum Gasteiger partial charge on any atom is -0.451 e. The number of carbonyl (C=O) groups is 2. The summed E-state index contributed by atoms with van der Waals surface area (Å²) in [5.41, 5.74) is 3.20. The van der Waals surface area contributed by atoms with Gasteiger partial charge in [0.05, 0.1) is 5.57 Å². The van der Waals surface area contributed by atoms with Crippen LogP contribution in [0, 0.1) is 19.8 Å². The molecule has 3 rings (SSSR count). The summed E-state index contributed by atoms with van der Waals surface area (Å²) in [7, 11) is 0. The fourth-order valence-corrected chi connectivity index (χ4v) is 3.85. The maximum absolute atomic E-state index is 13.0. The lowest BCUT2D eigenvalue weighted by atomic mass is 9.75. The monoisotopic (exact) mass is 327 g/mol. The molecular formula is C20H25NO3. The van der Waals surface area contributed by atoms with Crippen LogP contribution in [-0.2, 0) is 14.3 Å². The van der Waals surface area contributed by atoms with Crippen molar-refractivity contribution in [2.24, 2.45) is 5.92 Å². The van der Waals surface area contributed by atoms with E-state index < -0.39 is 5.60 Å². The molecule has 4 nitrogen and oxygen atoms in total. The summed E-state index contributed by atoms with van der Waals surface area (Å²) < 4.78 is 5.70. The van der Waals surface area contributed by atoms with E-state index in [9.17, 15) is 9.59 Å². The molecule has 1 aromatic carbocycles. The van der Waals surface area contributed by atoms with Crippen molar-refractivity contribution in [3.63, 3.8) is 0 Å². The average molecular weight is 327 g/mol. The number of nitrogens with one attached hydrogen (secondary N) is 1. The van der Waals surface area contributed by atoms with Gasteiger partial charge >= 0.3 is 5.97 Å². The molecule has 0 bridgehead atoms. The van der Waals surface area contributed by atoms with Gasteiger partial charge in [-0.1, -0.05) is 24.6 Å². The van der Waals surface area contributed by atoms with Crippen LogP contribution in [0.15, 0.2) is 29.3 Å². The maximum Gasteiger partial charge on any atom is 0.335 e. The Kier molecular flexibility index (Phi) is 4.24. The summed E-state index contributed by atoms with van der Waals surface area (Å²) in [6, 6.07) is 5.91. The first-order valence-corrected chi connectivity index (χ1v) is 8.66. The SMILES string of the molecule is CC1=C(C(=O)Nc2ccc(C)cc2C)C2(CCC(C)CC2)OC1=O. The van der Waals surface area contributed by atoms with Crippen LogP contribution in [0.3, 0.4) is 0 Å². The summed E-state index contributed by atoms with van der Waals surface area (Å²) in [6.07, 6.45) is 3.40. The first kappa shape index (κ1) is 16.7. The van der Waals surface area contributed by atoms with Gasteiger partial charge in [-0.3, -0.25) is 4.79 Å². The summed E-state index contributed by atoms with van der Waals surface area (Å²) in [6.45, 7) is 7.90. The zero-order valence-electron chi connectivity index (χ0n) is 14.9. The number of hydrogen-bond acceptors (Lipinski definition) is 3. The van der Waals surface area contributed by atoms with Gasteiger partial charge in [-0.25, -0.2) is 4.79 Å². The summed E-state index contributed by atoms with van der Waals surface area (Å²) in [5.74, 6) is 0.0501. The zero-order chi connectivity index (χ0) is 17.5. The van der Waals surface area contributed by atoms with E-state index in [2.05, 4.69) is 12.2 Å². The van der Waals surface area contributed by atoms with E-state index in [1.807, 2.05) is 32.0 Å². The molecule has 0 atom stereocenters. The Morgan fingerprint density at radius 3 is 2.50 bits per heavy atom. The van der Waals surface area contributed by atoms with Crippen molar-refractivity contribution in [2.75, 3.05) is 5.32 Å². The van der Waals surface area contributed by atoms with Gasteiger partial charge in [0.2, 0.25) is 0 Å². The van der Waals surface area contributed by atoms with Crippen LogP contribution in [0.25, 0.3) is 0 Å². The quantitative estimate of drug-likeness (QED) is 0.833. The lowest BCUT2D eigenvalue weighted by molar-refractivity contribution is -0.150.